The molecule has 1 aromatic heterocycles. The van der Waals surface area contributed by atoms with Crippen LogP contribution in [0, 0.1) is 0 Å². The number of nitrogens with one attached hydrogen (secondary N) is 2. The van der Waals surface area contributed by atoms with Crippen LogP contribution in [0.1, 0.15) is 43.3 Å². The molecule has 0 atom stereocenters. The number of rotatable bonds is 7. The number of amides is 1. The minimum Gasteiger partial charge on any atom is -0.350 e. The maximum Gasteiger partial charge on any atom is 0.220 e. The quantitative estimate of drug-likeness (QED) is 0.732. The molecular formula is C12H21N3OS. The molecule has 1 aromatic rings. The SMILES string of the molecule is CNCCCC(=O)NCc1nc(C(C)C)cs1. The van der Waals surface area contributed by atoms with E-state index in [9.17, 15) is 4.79 Å². The van der Waals surface area contributed by atoms with Crippen molar-refractivity contribution in [3.05, 3.63) is 16.1 Å². The Labute approximate surface area is 107 Å². The van der Waals surface area contributed by atoms with Crippen LogP contribution in [0.3, 0.4) is 0 Å². The molecule has 0 aliphatic heterocycles. The maximum atomic E-state index is 11.5. The summed E-state index contributed by atoms with van der Waals surface area (Å²) in [7, 11) is 1.89. The lowest BCUT2D eigenvalue weighted by Crippen LogP contribution is -2.23. The van der Waals surface area contributed by atoms with Crippen molar-refractivity contribution in [2.75, 3.05) is 13.6 Å². The Bertz CT molecular complexity index is 349. The highest BCUT2D eigenvalue weighted by Gasteiger charge is 2.06. The third-order valence-corrected chi connectivity index (χ3v) is 3.30. The fourth-order valence-electron chi connectivity index (χ4n) is 1.36. The van der Waals surface area contributed by atoms with Crippen molar-refractivity contribution in [1.82, 2.24) is 15.6 Å². The Morgan fingerprint density at radius 1 is 1.53 bits per heavy atom. The standard InChI is InChI=1S/C12H21N3OS/c1-9(2)10-8-17-12(15-10)7-14-11(16)5-4-6-13-3/h8-9,13H,4-7H2,1-3H3,(H,14,16). The highest BCUT2D eigenvalue weighted by atomic mass is 32.1. The molecule has 1 amide bonds. The predicted octanol–water partition coefficient (Wildman–Crippen LogP) is 1.88. The average Bonchev–Trinajstić information content (AvgIpc) is 2.75. The fraction of sp³-hybridized carbons (Fsp3) is 0.667. The first-order valence-corrected chi connectivity index (χ1v) is 6.87. The van der Waals surface area contributed by atoms with Gasteiger partial charge >= 0.3 is 0 Å². The Morgan fingerprint density at radius 3 is 2.88 bits per heavy atom. The van der Waals surface area contributed by atoms with Gasteiger partial charge < -0.3 is 10.6 Å². The second-order valence-corrected chi connectivity index (χ2v) is 5.25. The minimum absolute atomic E-state index is 0.0987. The van der Waals surface area contributed by atoms with Crippen molar-refractivity contribution in [2.45, 2.75) is 39.2 Å². The van der Waals surface area contributed by atoms with Crippen molar-refractivity contribution in [3.8, 4) is 0 Å². The largest absolute Gasteiger partial charge is 0.350 e. The van der Waals surface area contributed by atoms with E-state index in [-0.39, 0.29) is 5.91 Å². The van der Waals surface area contributed by atoms with Gasteiger partial charge in [0.2, 0.25) is 5.91 Å². The van der Waals surface area contributed by atoms with E-state index in [4.69, 9.17) is 0 Å². The summed E-state index contributed by atoms with van der Waals surface area (Å²) in [6.07, 6.45) is 1.45. The van der Waals surface area contributed by atoms with Gasteiger partial charge in [0.15, 0.2) is 0 Å². The number of aromatic nitrogens is 1. The third kappa shape index (κ3) is 5.28. The van der Waals surface area contributed by atoms with Gasteiger partial charge in [0.05, 0.1) is 12.2 Å². The zero-order chi connectivity index (χ0) is 12.7. The van der Waals surface area contributed by atoms with Gasteiger partial charge in [0, 0.05) is 11.8 Å². The van der Waals surface area contributed by atoms with E-state index in [1.54, 1.807) is 11.3 Å². The van der Waals surface area contributed by atoms with Crippen molar-refractivity contribution < 1.29 is 4.79 Å². The molecule has 0 saturated heterocycles. The Kier molecular flexibility index (Phi) is 6.15. The number of hydrogen-bond acceptors (Lipinski definition) is 4. The number of hydrogen-bond donors (Lipinski definition) is 2. The van der Waals surface area contributed by atoms with E-state index in [1.807, 2.05) is 7.05 Å². The predicted molar refractivity (Wildman–Crippen MR) is 71.2 cm³/mol. The number of nitrogens with zero attached hydrogens (tertiary/aromatic N) is 1. The molecule has 0 fully saturated rings. The first kappa shape index (κ1) is 14.1. The minimum atomic E-state index is 0.0987. The van der Waals surface area contributed by atoms with E-state index in [2.05, 4.69) is 34.8 Å². The molecule has 0 saturated carbocycles. The molecule has 0 bridgehead atoms. The van der Waals surface area contributed by atoms with Gasteiger partial charge in [0.25, 0.3) is 0 Å². The molecule has 0 aromatic carbocycles. The second-order valence-electron chi connectivity index (χ2n) is 4.30. The lowest BCUT2D eigenvalue weighted by Gasteiger charge is -2.03. The van der Waals surface area contributed by atoms with Gasteiger partial charge in [-0.25, -0.2) is 4.98 Å². The second kappa shape index (κ2) is 7.40. The average molecular weight is 255 g/mol. The summed E-state index contributed by atoms with van der Waals surface area (Å²) >= 11 is 1.61. The summed E-state index contributed by atoms with van der Waals surface area (Å²) < 4.78 is 0. The van der Waals surface area contributed by atoms with Crippen LogP contribution >= 0.6 is 11.3 Å². The van der Waals surface area contributed by atoms with Crippen LogP contribution in [0.5, 0.6) is 0 Å². The molecule has 0 unspecified atom stereocenters. The molecule has 0 spiro atoms. The molecule has 2 N–H and O–H groups in total. The van der Waals surface area contributed by atoms with Crippen molar-refractivity contribution in [1.29, 1.82) is 0 Å². The van der Waals surface area contributed by atoms with Crippen LogP contribution in [0.15, 0.2) is 5.38 Å². The van der Waals surface area contributed by atoms with Crippen molar-refractivity contribution in [3.63, 3.8) is 0 Å². The summed E-state index contributed by atoms with van der Waals surface area (Å²) in [4.78, 5) is 15.9. The summed E-state index contributed by atoms with van der Waals surface area (Å²) in [6, 6.07) is 0. The first-order chi connectivity index (χ1) is 8.13. The Balaban J connectivity index is 2.27. The van der Waals surface area contributed by atoms with Gasteiger partial charge in [-0.2, -0.15) is 0 Å². The fourth-order valence-corrected chi connectivity index (χ4v) is 2.26. The Morgan fingerprint density at radius 2 is 2.29 bits per heavy atom. The van der Waals surface area contributed by atoms with Gasteiger partial charge in [-0.1, -0.05) is 13.8 Å². The lowest BCUT2D eigenvalue weighted by molar-refractivity contribution is -0.121. The van der Waals surface area contributed by atoms with Crippen molar-refractivity contribution in [2.24, 2.45) is 0 Å². The molecule has 0 aliphatic rings. The van der Waals surface area contributed by atoms with E-state index >= 15 is 0 Å². The molecule has 0 aliphatic carbocycles. The van der Waals surface area contributed by atoms with Crippen LogP contribution in [-0.4, -0.2) is 24.5 Å². The molecule has 0 radical (unpaired) electrons. The number of carbonyl (C=O) groups is 1. The van der Waals surface area contributed by atoms with Crippen LogP contribution in [0.2, 0.25) is 0 Å². The zero-order valence-corrected chi connectivity index (χ0v) is 11.6. The first-order valence-electron chi connectivity index (χ1n) is 5.99. The summed E-state index contributed by atoms with van der Waals surface area (Å²) in [5.41, 5.74) is 1.11. The molecule has 96 valence electrons. The van der Waals surface area contributed by atoms with E-state index < -0.39 is 0 Å². The molecular weight excluding hydrogens is 234 g/mol. The molecule has 5 heteroatoms. The summed E-state index contributed by atoms with van der Waals surface area (Å²) in [5, 5.41) is 8.96. The van der Waals surface area contributed by atoms with Gasteiger partial charge in [-0.15, -0.1) is 11.3 Å². The highest BCUT2D eigenvalue weighted by Crippen LogP contribution is 2.17. The monoisotopic (exact) mass is 255 g/mol. The van der Waals surface area contributed by atoms with E-state index in [0.717, 1.165) is 23.7 Å². The van der Waals surface area contributed by atoms with Crippen LogP contribution in [0.4, 0.5) is 0 Å². The van der Waals surface area contributed by atoms with Crippen molar-refractivity contribution >= 4 is 17.2 Å². The maximum absolute atomic E-state index is 11.5. The summed E-state index contributed by atoms with van der Waals surface area (Å²) in [6.45, 7) is 5.67. The van der Waals surface area contributed by atoms with E-state index in [1.165, 1.54) is 0 Å². The summed E-state index contributed by atoms with van der Waals surface area (Å²) in [5.74, 6) is 0.549. The highest BCUT2D eigenvalue weighted by molar-refractivity contribution is 7.09. The number of carbonyl (C=O) groups excluding carboxylic acids is 1. The van der Waals surface area contributed by atoms with Gasteiger partial charge in [-0.3, -0.25) is 4.79 Å². The lowest BCUT2D eigenvalue weighted by atomic mass is 10.2. The van der Waals surface area contributed by atoms with Crippen LogP contribution in [0.25, 0.3) is 0 Å². The van der Waals surface area contributed by atoms with Crippen LogP contribution in [-0.2, 0) is 11.3 Å². The van der Waals surface area contributed by atoms with E-state index in [0.29, 0.717) is 18.9 Å². The number of thiazole rings is 1. The molecule has 1 heterocycles. The third-order valence-electron chi connectivity index (χ3n) is 2.43. The molecule has 17 heavy (non-hydrogen) atoms. The molecule has 1 rings (SSSR count). The smallest absolute Gasteiger partial charge is 0.220 e. The van der Waals surface area contributed by atoms with Crippen LogP contribution < -0.4 is 10.6 Å². The zero-order valence-electron chi connectivity index (χ0n) is 10.7. The topological polar surface area (TPSA) is 54.0 Å². The van der Waals surface area contributed by atoms with Gasteiger partial charge in [-0.05, 0) is 25.9 Å². The molecule has 4 nitrogen and oxygen atoms in total. The van der Waals surface area contributed by atoms with Gasteiger partial charge in [0.1, 0.15) is 5.01 Å². The Hall–Kier alpha value is -0.940. The normalized spacial score (nSPS) is 10.8.